The van der Waals surface area contributed by atoms with Gasteiger partial charge in [-0.25, -0.2) is 4.79 Å². The standard InChI is InChI=1S/C13H10Cl2O3/c14-13(15)6-9(13)7-17-10-3-1-8-2-4-12(16)18-11(8)5-10/h1-5,9H,6-7H2/t9-/m1/s1. The van der Waals surface area contributed by atoms with Crippen LogP contribution < -0.4 is 10.4 Å². The molecule has 3 nitrogen and oxygen atoms in total. The van der Waals surface area contributed by atoms with E-state index in [9.17, 15) is 4.79 Å². The normalized spacial score (nSPS) is 20.9. The van der Waals surface area contributed by atoms with Gasteiger partial charge in [-0.15, -0.1) is 23.2 Å². The molecule has 0 saturated heterocycles. The Bertz CT molecular complexity index is 648. The summed E-state index contributed by atoms with van der Waals surface area (Å²) >= 11 is 11.8. The number of halogens is 2. The van der Waals surface area contributed by atoms with Crippen LogP contribution in [-0.2, 0) is 0 Å². The van der Waals surface area contributed by atoms with Crippen LogP contribution in [0.4, 0.5) is 0 Å². The summed E-state index contributed by atoms with van der Waals surface area (Å²) in [6, 6.07) is 8.48. The molecule has 1 saturated carbocycles. The second kappa shape index (κ2) is 4.18. The van der Waals surface area contributed by atoms with Gasteiger partial charge in [0.05, 0.1) is 6.61 Å². The van der Waals surface area contributed by atoms with E-state index in [4.69, 9.17) is 32.4 Å². The largest absolute Gasteiger partial charge is 0.493 e. The second-order valence-electron chi connectivity index (χ2n) is 4.43. The van der Waals surface area contributed by atoms with E-state index in [0.29, 0.717) is 17.9 Å². The van der Waals surface area contributed by atoms with Crippen molar-refractivity contribution in [2.24, 2.45) is 5.92 Å². The number of benzene rings is 1. The van der Waals surface area contributed by atoms with Crippen molar-refractivity contribution in [1.29, 1.82) is 0 Å². The molecule has 1 aliphatic rings. The Morgan fingerprint density at radius 1 is 1.33 bits per heavy atom. The zero-order valence-electron chi connectivity index (χ0n) is 9.36. The highest BCUT2D eigenvalue weighted by Crippen LogP contribution is 2.53. The molecular formula is C13H10Cl2O3. The fourth-order valence-electron chi connectivity index (χ4n) is 1.78. The Morgan fingerprint density at radius 2 is 2.06 bits per heavy atom. The first-order chi connectivity index (χ1) is 8.54. The lowest BCUT2D eigenvalue weighted by Gasteiger charge is -2.06. The van der Waals surface area contributed by atoms with Crippen LogP contribution in [0.5, 0.6) is 5.75 Å². The van der Waals surface area contributed by atoms with Crippen LogP contribution in [0.1, 0.15) is 6.42 Å². The summed E-state index contributed by atoms with van der Waals surface area (Å²) in [5.74, 6) is 0.812. The summed E-state index contributed by atoms with van der Waals surface area (Å²) in [7, 11) is 0. The predicted octanol–water partition coefficient (Wildman–Crippen LogP) is 3.37. The quantitative estimate of drug-likeness (QED) is 0.641. The summed E-state index contributed by atoms with van der Waals surface area (Å²) in [5.41, 5.74) is 0.140. The van der Waals surface area contributed by atoms with Gasteiger partial charge in [0.15, 0.2) is 0 Å². The number of hydrogen-bond acceptors (Lipinski definition) is 3. The van der Waals surface area contributed by atoms with Gasteiger partial charge >= 0.3 is 5.63 Å². The fourth-order valence-corrected chi connectivity index (χ4v) is 2.28. The molecule has 2 aromatic rings. The lowest BCUT2D eigenvalue weighted by atomic mass is 10.2. The molecule has 1 heterocycles. The Labute approximate surface area is 113 Å². The van der Waals surface area contributed by atoms with Crippen molar-refractivity contribution in [2.45, 2.75) is 10.8 Å². The maximum absolute atomic E-state index is 11.1. The van der Waals surface area contributed by atoms with Gasteiger partial charge in [0.2, 0.25) is 0 Å². The average Bonchev–Trinajstić information content (AvgIpc) is 2.94. The van der Waals surface area contributed by atoms with E-state index < -0.39 is 4.33 Å². The zero-order chi connectivity index (χ0) is 12.8. The van der Waals surface area contributed by atoms with Crippen molar-refractivity contribution < 1.29 is 9.15 Å². The topological polar surface area (TPSA) is 39.4 Å². The maximum Gasteiger partial charge on any atom is 0.336 e. The first-order valence-electron chi connectivity index (χ1n) is 5.59. The van der Waals surface area contributed by atoms with Gasteiger partial charge in [-0.3, -0.25) is 0 Å². The number of rotatable bonds is 3. The fraction of sp³-hybridized carbons (Fsp3) is 0.308. The smallest absolute Gasteiger partial charge is 0.336 e. The highest BCUT2D eigenvalue weighted by atomic mass is 35.5. The minimum Gasteiger partial charge on any atom is -0.493 e. The van der Waals surface area contributed by atoms with Crippen LogP contribution in [0.25, 0.3) is 11.0 Å². The predicted molar refractivity (Wildman–Crippen MR) is 70.5 cm³/mol. The third-order valence-electron chi connectivity index (χ3n) is 3.00. The third kappa shape index (κ3) is 2.33. The molecule has 1 aliphatic carbocycles. The number of ether oxygens (including phenoxy) is 1. The minimum atomic E-state index is -0.636. The van der Waals surface area contributed by atoms with Crippen molar-refractivity contribution in [3.8, 4) is 5.75 Å². The molecule has 1 aromatic heterocycles. The molecule has 0 bridgehead atoms. The lowest BCUT2D eigenvalue weighted by molar-refractivity contribution is 0.298. The van der Waals surface area contributed by atoms with Crippen LogP contribution >= 0.6 is 23.2 Å². The van der Waals surface area contributed by atoms with Gasteiger partial charge in [-0.2, -0.15) is 0 Å². The molecule has 94 valence electrons. The van der Waals surface area contributed by atoms with Crippen LogP contribution in [0.15, 0.2) is 39.5 Å². The van der Waals surface area contributed by atoms with Crippen molar-refractivity contribution in [3.63, 3.8) is 0 Å². The first kappa shape index (κ1) is 11.9. The van der Waals surface area contributed by atoms with Crippen molar-refractivity contribution in [1.82, 2.24) is 0 Å². The highest BCUT2D eigenvalue weighted by molar-refractivity contribution is 6.50. The van der Waals surface area contributed by atoms with Crippen molar-refractivity contribution in [3.05, 3.63) is 40.8 Å². The van der Waals surface area contributed by atoms with Gasteiger partial charge in [-0.1, -0.05) is 0 Å². The van der Waals surface area contributed by atoms with Gasteiger partial charge in [-0.05, 0) is 24.6 Å². The summed E-state index contributed by atoms with van der Waals surface area (Å²) in [6.07, 6.45) is 0.749. The van der Waals surface area contributed by atoms with E-state index >= 15 is 0 Å². The van der Waals surface area contributed by atoms with Crippen molar-refractivity contribution >= 4 is 34.2 Å². The van der Waals surface area contributed by atoms with Crippen LogP contribution in [0.3, 0.4) is 0 Å². The molecule has 3 rings (SSSR count). The number of fused-ring (bicyclic) bond motifs is 1. The molecule has 0 amide bonds. The molecule has 0 aliphatic heterocycles. The Morgan fingerprint density at radius 3 is 2.78 bits per heavy atom. The Kier molecular flexibility index (Phi) is 2.76. The van der Waals surface area contributed by atoms with E-state index in [-0.39, 0.29) is 11.5 Å². The lowest BCUT2D eigenvalue weighted by Crippen LogP contribution is -2.04. The monoisotopic (exact) mass is 284 g/mol. The average molecular weight is 285 g/mol. The highest BCUT2D eigenvalue weighted by Gasteiger charge is 2.52. The Balaban J connectivity index is 1.78. The Hall–Kier alpha value is -1.19. The number of alkyl halides is 2. The molecular weight excluding hydrogens is 275 g/mol. The summed E-state index contributed by atoms with van der Waals surface area (Å²) in [5, 5.41) is 0.859. The number of hydrogen-bond donors (Lipinski definition) is 0. The van der Waals surface area contributed by atoms with E-state index in [2.05, 4.69) is 0 Å². The molecule has 1 atom stereocenters. The molecule has 0 spiro atoms. The molecule has 0 N–H and O–H groups in total. The maximum atomic E-state index is 11.1. The molecule has 0 radical (unpaired) electrons. The minimum absolute atomic E-state index is 0.166. The third-order valence-corrected chi connectivity index (χ3v) is 3.93. The summed E-state index contributed by atoms with van der Waals surface area (Å²) in [6.45, 7) is 0.468. The summed E-state index contributed by atoms with van der Waals surface area (Å²) in [4.78, 5) is 11.1. The van der Waals surface area contributed by atoms with Crippen LogP contribution in [0, 0.1) is 5.92 Å². The van der Waals surface area contributed by atoms with Crippen molar-refractivity contribution in [2.75, 3.05) is 6.61 Å². The van der Waals surface area contributed by atoms with E-state index in [1.807, 2.05) is 12.1 Å². The van der Waals surface area contributed by atoms with E-state index in [1.165, 1.54) is 6.07 Å². The van der Waals surface area contributed by atoms with Gasteiger partial charge < -0.3 is 9.15 Å². The second-order valence-corrected chi connectivity index (χ2v) is 5.97. The molecule has 18 heavy (non-hydrogen) atoms. The molecule has 0 unspecified atom stereocenters. The van der Waals surface area contributed by atoms with Crippen LogP contribution in [0.2, 0.25) is 0 Å². The van der Waals surface area contributed by atoms with Gasteiger partial charge in [0.25, 0.3) is 0 Å². The molecule has 1 aromatic carbocycles. The SMILES string of the molecule is O=c1ccc2ccc(OC[C@H]3CC3(Cl)Cl)cc2o1. The zero-order valence-corrected chi connectivity index (χ0v) is 10.9. The van der Waals surface area contributed by atoms with Crippen LogP contribution in [-0.4, -0.2) is 10.9 Å². The van der Waals surface area contributed by atoms with E-state index in [1.54, 1.807) is 12.1 Å². The van der Waals surface area contributed by atoms with Gasteiger partial charge in [0, 0.05) is 23.4 Å². The van der Waals surface area contributed by atoms with Gasteiger partial charge in [0.1, 0.15) is 15.7 Å². The van der Waals surface area contributed by atoms with E-state index in [0.717, 1.165) is 11.8 Å². The summed E-state index contributed by atoms with van der Waals surface area (Å²) < 4.78 is 10.0. The molecule has 1 fully saturated rings. The first-order valence-corrected chi connectivity index (χ1v) is 6.35. The molecule has 5 heteroatoms.